The molecule has 1 aromatic rings. The van der Waals surface area contributed by atoms with Gasteiger partial charge < -0.3 is 19.3 Å². The molecule has 1 amide bonds. The Labute approximate surface area is 164 Å². The molecule has 0 aromatic heterocycles. The van der Waals surface area contributed by atoms with Crippen molar-refractivity contribution in [3.05, 3.63) is 41.7 Å². The van der Waals surface area contributed by atoms with Gasteiger partial charge in [0, 0.05) is 44.1 Å². The highest BCUT2D eigenvalue weighted by molar-refractivity contribution is 6.16. The predicted octanol–water partition coefficient (Wildman–Crippen LogP) is 1.57. The van der Waals surface area contributed by atoms with Crippen molar-refractivity contribution in [1.29, 1.82) is 0 Å². The fourth-order valence-corrected chi connectivity index (χ4v) is 4.07. The third kappa shape index (κ3) is 3.86. The lowest BCUT2D eigenvalue weighted by Gasteiger charge is -2.30. The van der Waals surface area contributed by atoms with Crippen LogP contribution in [0.3, 0.4) is 0 Å². The number of para-hydroxylation sites is 1. The fraction of sp³-hybridized carbons (Fsp3) is 0.476. The van der Waals surface area contributed by atoms with Gasteiger partial charge in [-0.2, -0.15) is 0 Å². The van der Waals surface area contributed by atoms with E-state index in [0.717, 1.165) is 17.7 Å². The van der Waals surface area contributed by atoms with E-state index in [-0.39, 0.29) is 30.6 Å². The molecule has 3 heterocycles. The van der Waals surface area contributed by atoms with Crippen molar-refractivity contribution >= 4 is 23.1 Å². The number of carbonyl (C=O) groups excluding carboxylic acids is 2. The number of hydrogen-bond donors (Lipinski definition) is 0. The Bertz CT molecular complexity index is 827. The maximum atomic E-state index is 13.2. The third-order valence-corrected chi connectivity index (χ3v) is 5.33. The Morgan fingerprint density at radius 1 is 1.29 bits per heavy atom. The summed E-state index contributed by atoms with van der Waals surface area (Å²) in [7, 11) is 1.65. The van der Waals surface area contributed by atoms with Gasteiger partial charge >= 0.3 is 0 Å². The molecule has 1 unspecified atom stereocenters. The van der Waals surface area contributed by atoms with Crippen LogP contribution >= 0.6 is 0 Å². The van der Waals surface area contributed by atoms with Crippen LogP contribution in [0, 0.1) is 0 Å². The number of morpholine rings is 1. The molecule has 148 valence electrons. The first-order valence-electron chi connectivity index (χ1n) is 9.68. The van der Waals surface area contributed by atoms with Crippen molar-refractivity contribution < 1.29 is 19.1 Å². The summed E-state index contributed by atoms with van der Waals surface area (Å²) in [6.45, 7) is 3.14. The number of amides is 1. The lowest BCUT2D eigenvalue weighted by atomic mass is 10.1. The quantitative estimate of drug-likeness (QED) is 0.772. The summed E-state index contributed by atoms with van der Waals surface area (Å²) < 4.78 is 10.7. The molecule has 0 bridgehead atoms. The van der Waals surface area contributed by atoms with E-state index in [1.165, 1.54) is 0 Å². The van der Waals surface area contributed by atoms with Crippen molar-refractivity contribution in [2.24, 2.45) is 4.99 Å². The Kier molecular flexibility index (Phi) is 5.54. The number of anilines is 1. The summed E-state index contributed by atoms with van der Waals surface area (Å²) in [6, 6.07) is 7.92. The van der Waals surface area contributed by atoms with Crippen LogP contribution in [0.4, 0.5) is 5.69 Å². The molecule has 7 heteroatoms. The number of fused-ring (bicyclic) bond motifs is 1. The van der Waals surface area contributed by atoms with E-state index in [9.17, 15) is 9.59 Å². The average Bonchev–Trinajstić information content (AvgIpc) is 3.06. The van der Waals surface area contributed by atoms with E-state index in [1.54, 1.807) is 13.2 Å². The molecular weight excluding hydrogens is 358 g/mol. The van der Waals surface area contributed by atoms with Gasteiger partial charge in [-0.25, -0.2) is 4.99 Å². The molecule has 1 atom stereocenters. The summed E-state index contributed by atoms with van der Waals surface area (Å²) in [5.41, 5.74) is 2.70. The SMILES string of the molecule is COCC1Cc2ccccc2N1C(=O)CC1=NC(N2CCOCC2)=CC(=O)C1. The zero-order valence-corrected chi connectivity index (χ0v) is 16.1. The standard InChI is InChI=1S/C21H25N3O4/c1-27-14-17-10-15-4-2-3-5-19(15)24(17)21(26)12-16-11-18(25)13-20(22-16)23-6-8-28-9-7-23/h2-5,13,17H,6-12,14H2,1H3. The van der Waals surface area contributed by atoms with Gasteiger partial charge in [0.2, 0.25) is 5.91 Å². The van der Waals surface area contributed by atoms with Crippen molar-refractivity contribution in [1.82, 2.24) is 4.90 Å². The molecule has 1 aromatic carbocycles. The van der Waals surface area contributed by atoms with Gasteiger partial charge in [-0.05, 0) is 18.1 Å². The van der Waals surface area contributed by atoms with E-state index < -0.39 is 0 Å². The number of ketones is 1. The molecule has 0 aliphatic carbocycles. The number of hydrogen-bond acceptors (Lipinski definition) is 6. The first-order chi connectivity index (χ1) is 13.7. The lowest BCUT2D eigenvalue weighted by molar-refractivity contribution is -0.118. The number of rotatable bonds is 5. The third-order valence-electron chi connectivity index (χ3n) is 5.33. The largest absolute Gasteiger partial charge is 0.383 e. The molecule has 28 heavy (non-hydrogen) atoms. The summed E-state index contributed by atoms with van der Waals surface area (Å²) >= 11 is 0. The molecule has 0 saturated carbocycles. The monoisotopic (exact) mass is 383 g/mol. The first-order valence-corrected chi connectivity index (χ1v) is 9.68. The Hall–Kier alpha value is -2.51. The second-order valence-corrected chi connectivity index (χ2v) is 7.31. The van der Waals surface area contributed by atoms with E-state index in [0.29, 0.717) is 44.4 Å². The summed E-state index contributed by atoms with van der Waals surface area (Å²) in [6.07, 6.45) is 2.70. The van der Waals surface area contributed by atoms with Gasteiger partial charge in [-0.1, -0.05) is 18.2 Å². The molecule has 7 nitrogen and oxygen atoms in total. The van der Waals surface area contributed by atoms with Gasteiger partial charge in [-0.3, -0.25) is 9.59 Å². The van der Waals surface area contributed by atoms with E-state index in [1.807, 2.05) is 34.1 Å². The lowest BCUT2D eigenvalue weighted by Crippen LogP contribution is -2.42. The maximum Gasteiger partial charge on any atom is 0.233 e. The van der Waals surface area contributed by atoms with Crippen LogP contribution < -0.4 is 4.90 Å². The van der Waals surface area contributed by atoms with Crippen LogP contribution in [-0.2, 0) is 25.5 Å². The molecule has 0 N–H and O–H groups in total. The molecule has 3 aliphatic heterocycles. The van der Waals surface area contributed by atoms with Crippen LogP contribution in [0.1, 0.15) is 18.4 Å². The van der Waals surface area contributed by atoms with Crippen molar-refractivity contribution in [2.75, 3.05) is 44.9 Å². The van der Waals surface area contributed by atoms with Crippen LogP contribution in [0.5, 0.6) is 0 Å². The van der Waals surface area contributed by atoms with Crippen LogP contribution in [0.2, 0.25) is 0 Å². The Balaban J connectivity index is 1.52. The summed E-state index contributed by atoms with van der Waals surface area (Å²) in [5, 5.41) is 0. The number of allylic oxidation sites excluding steroid dienone is 1. The van der Waals surface area contributed by atoms with Gasteiger partial charge in [0.25, 0.3) is 0 Å². The van der Waals surface area contributed by atoms with Gasteiger partial charge in [0.15, 0.2) is 5.78 Å². The normalized spacial score (nSPS) is 22.0. The van der Waals surface area contributed by atoms with Gasteiger partial charge in [0.1, 0.15) is 5.82 Å². The molecule has 1 saturated heterocycles. The zero-order valence-electron chi connectivity index (χ0n) is 16.1. The minimum atomic E-state index is -0.0400. The zero-order chi connectivity index (χ0) is 19.5. The number of ether oxygens (including phenoxy) is 2. The minimum Gasteiger partial charge on any atom is -0.383 e. The van der Waals surface area contributed by atoms with Crippen molar-refractivity contribution in [2.45, 2.75) is 25.3 Å². The van der Waals surface area contributed by atoms with E-state index >= 15 is 0 Å². The van der Waals surface area contributed by atoms with E-state index in [2.05, 4.69) is 4.99 Å². The molecule has 4 rings (SSSR count). The van der Waals surface area contributed by atoms with Crippen LogP contribution in [-0.4, -0.2) is 68.4 Å². The highest BCUT2D eigenvalue weighted by Crippen LogP contribution is 2.33. The fourth-order valence-electron chi connectivity index (χ4n) is 4.07. The molecule has 0 spiro atoms. The Morgan fingerprint density at radius 2 is 2.07 bits per heavy atom. The van der Waals surface area contributed by atoms with Gasteiger partial charge in [0.05, 0.1) is 32.3 Å². The Morgan fingerprint density at radius 3 is 2.86 bits per heavy atom. The van der Waals surface area contributed by atoms with Crippen molar-refractivity contribution in [3.8, 4) is 0 Å². The molecular formula is C21H25N3O4. The van der Waals surface area contributed by atoms with Crippen molar-refractivity contribution in [3.63, 3.8) is 0 Å². The topological polar surface area (TPSA) is 71.4 Å². The second kappa shape index (κ2) is 8.24. The van der Waals surface area contributed by atoms with Crippen LogP contribution in [0.15, 0.2) is 41.2 Å². The van der Waals surface area contributed by atoms with E-state index in [4.69, 9.17) is 9.47 Å². The predicted molar refractivity (Wildman–Crippen MR) is 105 cm³/mol. The number of aliphatic imine (C=N–C) groups is 1. The number of nitrogens with zero attached hydrogens (tertiary/aromatic N) is 3. The van der Waals surface area contributed by atoms with Crippen LogP contribution in [0.25, 0.3) is 0 Å². The molecule has 3 aliphatic rings. The molecule has 0 radical (unpaired) electrons. The molecule has 1 fully saturated rings. The number of benzene rings is 1. The van der Waals surface area contributed by atoms with Gasteiger partial charge in [-0.15, -0.1) is 0 Å². The first kappa shape index (κ1) is 18.8. The number of methoxy groups -OCH3 is 1. The number of carbonyl (C=O) groups is 2. The smallest absolute Gasteiger partial charge is 0.233 e. The average molecular weight is 383 g/mol. The highest BCUT2D eigenvalue weighted by atomic mass is 16.5. The summed E-state index contributed by atoms with van der Waals surface area (Å²) in [4.78, 5) is 33.9. The highest BCUT2D eigenvalue weighted by Gasteiger charge is 2.34. The summed E-state index contributed by atoms with van der Waals surface area (Å²) in [5.74, 6) is 0.606. The minimum absolute atomic E-state index is 0.00504. The maximum absolute atomic E-state index is 13.2. The second-order valence-electron chi connectivity index (χ2n) is 7.31.